The van der Waals surface area contributed by atoms with E-state index in [0.717, 1.165) is 78.7 Å². The lowest BCUT2D eigenvalue weighted by Crippen LogP contribution is -2.61. The van der Waals surface area contributed by atoms with Crippen LogP contribution in [0, 0.1) is 11.6 Å². The zero-order chi connectivity index (χ0) is 40.2. The zero-order valence-electron chi connectivity index (χ0n) is 32.5. The third kappa shape index (κ3) is 5.71. The molecule has 0 aliphatic carbocycles. The average Bonchev–Trinajstić information content (AvgIpc) is 3.30. The molecule has 0 N–H and O–H groups in total. The Balaban J connectivity index is 1.20. The van der Waals surface area contributed by atoms with Crippen LogP contribution in [0.2, 0.25) is 0 Å². The van der Waals surface area contributed by atoms with Crippen molar-refractivity contribution in [1.29, 1.82) is 0 Å². The molecule has 0 amide bonds. The zero-order valence-corrected chi connectivity index (χ0v) is 32.5. The van der Waals surface area contributed by atoms with E-state index in [1.54, 1.807) is 12.1 Å². The number of anilines is 9. The first-order valence-corrected chi connectivity index (χ1v) is 20.2. The second-order valence-electron chi connectivity index (χ2n) is 15.1. The summed E-state index contributed by atoms with van der Waals surface area (Å²) in [6, 6.07) is 72.8. The second kappa shape index (κ2) is 14.6. The molecule has 0 atom stereocenters. The molecular weight excluding hydrogens is 739 g/mol. The molecule has 0 fully saturated rings. The van der Waals surface area contributed by atoms with E-state index in [-0.39, 0.29) is 18.3 Å². The number of halogens is 2. The van der Waals surface area contributed by atoms with Crippen LogP contribution in [0.1, 0.15) is 0 Å². The third-order valence-corrected chi connectivity index (χ3v) is 11.8. The fourth-order valence-electron chi connectivity index (χ4n) is 9.28. The molecule has 11 rings (SSSR count). The summed E-state index contributed by atoms with van der Waals surface area (Å²) in [5.74, 6) is -0.558. The molecule has 60 heavy (non-hydrogen) atoms. The average molecular weight is 776 g/mol. The molecule has 3 nitrogen and oxygen atoms in total. The Hall–Kier alpha value is -7.70. The molecule has 0 spiro atoms. The number of hydrogen-bond acceptors (Lipinski definition) is 3. The summed E-state index contributed by atoms with van der Waals surface area (Å²) >= 11 is 0. The minimum Gasteiger partial charge on any atom is -0.311 e. The first-order chi connectivity index (χ1) is 29.7. The van der Waals surface area contributed by atoms with Crippen LogP contribution in [0.15, 0.2) is 218 Å². The molecule has 0 aromatic heterocycles. The van der Waals surface area contributed by atoms with Crippen molar-refractivity contribution in [3.8, 4) is 22.3 Å². The molecule has 2 heterocycles. The molecule has 0 radical (unpaired) electrons. The van der Waals surface area contributed by atoms with Gasteiger partial charge in [0, 0.05) is 62.1 Å². The van der Waals surface area contributed by atoms with Gasteiger partial charge in [0.25, 0.3) is 6.71 Å². The first-order valence-electron chi connectivity index (χ1n) is 20.2. The van der Waals surface area contributed by atoms with Gasteiger partial charge < -0.3 is 14.7 Å². The van der Waals surface area contributed by atoms with E-state index >= 15 is 8.78 Å². The van der Waals surface area contributed by atoms with Gasteiger partial charge in [-0.05, 0) is 95.3 Å². The largest absolute Gasteiger partial charge is 0.311 e. The van der Waals surface area contributed by atoms with Gasteiger partial charge in [0.1, 0.15) is 11.6 Å². The second-order valence-corrected chi connectivity index (χ2v) is 15.1. The molecule has 2 aliphatic rings. The van der Waals surface area contributed by atoms with Gasteiger partial charge in [-0.3, -0.25) is 0 Å². The van der Waals surface area contributed by atoms with Crippen LogP contribution in [0.25, 0.3) is 22.3 Å². The highest BCUT2D eigenvalue weighted by Gasteiger charge is 2.44. The minimum atomic E-state index is -0.284. The fraction of sp³-hybridized carbons (Fsp3) is 0. The number of nitrogens with zero attached hydrogens (tertiary/aromatic N) is 3. The Labute approximate surface area is 348 Å². The van der Waals surface area contributed by atoms with Gasteiger partial charge >= 0.3 is 0 Å². The van der Waals surface area contributed by atoms with E-state index in [9.17, 15) is 0 Å². The monoisotopic (exact) mass is 775 g/mol. The maximum atomic E-state index is 15.9. The highest BCUT2D eigenvalue weighted by atomic mass is 19.1. The molecule has 284 valence electrons. The summed E-state index contributed by atoms with van der Waals surface area (Å²) in [7, 11) is 0. The van der Waals surface area contributed by atoms with Crippen LogP contribution < -0.4 is 31.1 Å². The number of para-hydroxylation sites is 5. The topological polar surface area (TPSA) is 9.72 Å². The van der Waals surface area contributed by atoms with Gasteiger partial charge in [0.05, 0.1) is 11.4 Å². The summed E-state index contributed by atoms with van der Waals surface area (Å²) in [6.45, 7) is -0.146. The van der Waals surface area contributed by atoms with Crippen molar-refractivity contribution in [2.75, 3.05) is 14.7 Å². The predicted octanol–water partition coefficient (Wildman–Crippen LogP) is 12.9. The summed E-state index contributed by atoms with van der Waals surface area (Å²) < 4.78 is 31.6. The van der Waals surface area contributed by atoms with E-state index < -0.39 is 0 Å². The number of fused-ring (bicyclic) bond motifs is 4. The van der Waals surface area contributed by atoms with Crippen LogP contribution in [-0.4, -0.2) is 6.71 Å². The minimum absolute atomic E-state index is 0.146. The van der Waals surface area contributed by atoms with Gasteiger partial charge in [-0.1, -0.05) is 140 Å². The molecule has 0 saturated carbocycles. The molecule has 6 heteroatoms. The molecule has 0 unspecified atom stereocenters. The lowest BCUT2D eigenvalue weighted by molar-refractivity contribution is 0.631. The number of hydrogen-bond donors (Lipinski definition) is 0. The van der Waals surface area contributed by atoms with Crippen LogP contribution in [0.4, 0.5) is 60.0 Å². The molecule has 2 aliphatic heterocycles. The van der Waals surface area contributed by atoms with Crippen LogP contribution in [0.5, 0.6) is 0 Å². The lowest BCUT2D eigenvalue weighted by Gasteiger charge is -2.45. The Morgan fingerprint density at radius 3 is 1.28 bits per heavy atom. The Morgan fingerprint density at radius 1 is 0.317 bits per heavy atom. The highest BCUT2D eigenvalue weighted by molar-refractivity contribution is 7.00. The van der Waals surface area contributed by atoms with Gasteiger partial charge in [-0.15, -0.1) is 0 Å². The van der Waals surface area contributed by atoms with Crippen LogP contribution >= 0.6 is 0 Å². The van der Waals surface area contributed by atoms with Crippen molar-refractivity contribution < 1.29 is 8.78 Å². The van der Waals surface area contributed by atoms with E-state index in [1.807, 2.05) is 72.8 Å². The lowest BCUT2D eigenvalue weighted by atomic mass is 9.33. The smallest absolute Gasteiger partial charge is 0.252 e. The fourth-order valence-corrected chi connectivity index (χ4v) is 9.28. The third-order valence-electron chi connectivity index (χ3n) is 11.8. The van der Waals surface area contributed by atoms with Gasteiger partial charge in [-0.25, -0.2) is 8.78 Å². The van der Waals surface area contributed by atoms with Crippen molar-refractivity contribution in [2.45, 2.75) is 0 Å². The van der Waals surface area contributed by atoms with Crippen LogP contribution in [-0.2, 0) is 0 Å². The predicted molar refractivity (Wildman–Crippen MR) is 246 cm³/mol. The molecule has 0 bridgehead atoms. The summed E-state index contributed by atoms with van der Waals surface area (Å²) in [6.07, 6.45) is 0. The van der Waals surface area contributed by atoms with Crippen molar-refractivity contribution in [3.63, 3.8) is 0 Å². The highest BCUT2D eigenvalue weighted by Crippen LogP contribution is 2.49. The molecule has 9 aromatic rings. The van der Waals surface area contributed by atoms with E-state index in [2.05, 4.69) is 136 Å². The van der Waals surface area contributed by atoms with Crippen molar-refractivity contribution in [1.82, 2.24) is 0 Å². The Bertz CT molecular complexity index is 3020. The van der Waals surface area contributed by atoms with Crippen molar-refractivity contribution in [3.05, 3.63) is 230 Å². The maximum absolute atomic E-state index is 15.9. The van der Waals surface area contributed by atoms with Crippen LogP contribution in [0.3, 0.4) is 0 Å². The molecule has 0 saturated heterocycles. The van der Waals surface area contributed by atoms with Crippen molar-refractivity contribution in [2.24, 2.45) is 0 Å². The maximum Gasteiger partial charge on any atom is 0.252 e. The summed E-state index contributed by atoms with van der Waals surface area (Å²) in [4.78, 5) is 6.89. The Morgan fingerprint density at radius 2 is 0.733 bits per heavy atom. The quantitative estimate of drug-likeness (QED) is 0.149. The van der Waals surface area contributed by atoms with E-state index in [1.165, 1.54) is 12.1 Å². The Kier molecular flexibility index (Phi) is 8.63. The van der Waals surface area contributed by atoms with E-state index in [4.69, 9.17) is 0 Å². The van der Waals surface area contributed by atoms with Gasteiger partial charge in [0.2, 0.25) is 0 Å². The SMILES string of the molecule is Fc1ccccc1-c1ccccc1N1c2ccccc2B2c3ccc(N(c4ccccc4)c4ccccc4)cc3N(c3ccccc3-c3ccccc3F)c3cccc1c32. The van der Waals surface area contributed by atoms with Crippen molar-refractivity contribution >= 4 is 74.3 Å². The molecule has 9 aromatic carbocycles. The van der Waals surface area contributed by atoms with Gasteiger partial charge in [0.15, 0.2) is 0 Å². The standard InChI is InChI=1S/C54H36BF2N3/c56-46-27-12-7-22-40(46)42-24-9-14-29-48(42)59-50-31-16-11-26-44(50)55-45-35-34-39(58(37-18-3-1-4-19-37)38-20-5-2-6-21-38)36-53(45)60(52-33-17-32-51(59)54(52)55)49-30-15-10-25-43(49)41-23-8-13-28-47(41)57/h1-36H. The number of benzene rings is 9. The first kappa shape index (κ1) is 35.5. The molecular formula is C54H36BF2N3. The summed E-state index contributed by atoms with van der Waals surface area (Å²) in [5.41, 5.74) is 14.8. The number of rotatable bonds is 7. The van der Waals surface area contributed by atoms with E-state index in [0.29, 0.717) is 11.1 Å². The normalized spacial score (nSPS) is 12.4. The van der Waals surface area contributed by atoms with Gasteiger partial charge in [-0.2, -0.15) is 0 Å². The summed E-state index contributed by atoms with van der Waals surface area (Å²) in [5, 5.41) is 0.